The molecule has 0 nitrogen and oxygen atoms in total. The molecule has 0 heterocycles. The molecular formula is C22H26Br2F2. The highest BCUT2D eigenvalue weighted by molar-refractivity contribution is 9.09. The first-order chi connectivity index (χ1) is 12.6. The Morgan fingerprint density at radius 3 is 1.50 bits per heavy atom. The molecule has 2 aromatic rings. The first kappa shape index (κ1) is 21.6. The first-order valence-electron chi connectivity index (χ1n) is 9.23. The molecule has 0 unspecified atom stereocenters. The van der Waals surface area contributed by atoms with E-state index in [1.165, 1.54) is 17.5 Å². The molecular weight excluding hydrogens is 462 g/mol. The Labute approximate surface area is 172 Å². The molecule has 4 heteroatoms. The SMILES string of the molecule is Fc1ccc(C[C@@H](CCBr)[C@H](CCCCBr)Cc2ccc(F)cc2)cc1. The second-order valence-corrected chi connectivity index (χ2v) is 8.43. The molecule has 0 spiro atoms. The summed E-state index contributed by atoms with van der Waals surface area (Å²) in [6, 6.07) is 13.8. The minimum absolute atomic E-state index is 0.187. The zero-order chi connectivity index (χ0) is 18.8. The highest BCUT2D eigenvalue weighted by Crippen LogP contribution is 2.30. The fourth-order valence-corrected chi connectivity index (χ4v) is 4.48. The molecule has 26 heavy (non-hydrogen) atoms. The van der Waals surface area contributed by atoms with Crippen LogP contribution < -0.4 is 0 Å². The van der Waals surface area contributed by atoms with Crippen LogP contribution in [0.2, 0.25) is 0 Å². The number of benzene rings is 2. The summed E-state index contributed by atoms with van der Waals surface area (Å²) >= 11 is 7.12. The van der Waals surface area contributed by atoms with Crippen molar-refractivity contribution in [3.05, 3.63) is 71.3 Å². The van der Waals surface area contributed by atoms with E-state index >= 15 is 0 Å². The molecule has 0 N–H and O–H groups in total. The van der Waals surface area contributed by atoms with Gasteiger partial charge in [-0.05, 0) is 79.3 Å². The van der Waals surface area contributed by atoms with Crippen LogP contribution in [0.25, 0.3) is 0 Å². The number of hydrogen-bond donors (Lipinski definition) is 0. The molecule has 0 fully saturated rings. The normalized spacial score (nSPS) is 13.5. The van der Waals surface area contributed by atoms with E-state index in [1.807, 2.05) is 24.3 Å². The van der Waals surface area contributed by atoms with E-state index in [9.17, 15) is 8.78 Å². The lowest BCUT2D eigenvalue weighted by molar-refractivity contribution is 0.295. The Bertz CT molecular complexity index is 626. The first-order valence-corrected chi connectivity index (χ1v) is 11.5. The van der Waals surface area contributed by atoms with Gasteiger partial charge < -0.3 is 0 Å². The van der Waals surface area contributed by atoms with Gasteiger partial charge >= 0.3 is 0 Å². The molecule has 0 aliphatic heterocycles. The molecule has 0 aliphatic carbocycles. The zero-order valence-corrected chi connectivity index (χ0v) is 18.1. The zero-order valence-electron chi connectivity index (χ0n) is 14.9. The Hall–Kier alpha value is -0.740. The predicted octanol–water partition coefficient (Wildman–Crippen LogP) is 7.33. The van der Waals surface area contributed by atoms with E-state index in [0.29, 0.717) is 11.8 Å². The molecule has 2 aromatic carbocycles. The fraction of sp³-hybridized carbons (Fsp3) is 0.455. The highest BCUT2D eigenvalue weighted by Gasteiger charge is 2.22. The van der Waals surface area contributed by atoms with Crippen LogP contribution in [0, 0.1) is 23.5 Å². The van der Waals surface area contributed by atoms with E-state index in [4.69, 9.17) is 0 Å². The molecule has 0 saturated carbocycles. The topological polar surface area (TPSA) is 0 Å². The number of alkyl halides is 2. The minimum Gasteiger partial charge on any atom is -0.207 e. The van der Waals surface area contributed by atoms with Gasteiger partial charge in [-0.1, -0.05) is 62.5 Å². The third-order valence-corrected chi connectivity index (χ3v) is 5.95. The molecule has 0 bridgehead atoms. The maximum Gasteiger partial charge on any atom is 0.123 e. The summed E-state index contributed by atoms with van der Waals surface area (Å²) in [5, 5.41) is 1.98. The Morgan fingerprint density at radius 1 is 0.615 bits per heavy atom. The average molecular weight is 488 g/mol. The van der Waals surface area contributed by atoms with Crippen molar-refractivity contribution in [1.29, 1.82) is 0 Å². The molecule has 142 valence electrons. The lowest BCUT2D eigenvalue weighted by Gasteiger charge is -2.27. The predicted molar refractivity (Wildman–Crippen MR) is 113 cm³/mol. The van der Waals surface area contributed by atoms with Gasteiger partial charge in [-0.2, -0.15) is 0 Å². The van der Waals surface area contributed by atoms with Crippen LogP contribution in [0.1, 0.15) is 36.8 Å². The third kappa shape index (κ3) is 7.48. The van der Waals surface area contributed by atoms with Crippen LogP contribution in [0.3, 0.4) is 0 Å². The van der Waals surface area contributed by atoms with Crippen LogP contribution in [0.5, 0.6) is 0 Å². The van der Waals surface area contributed by atoms with E-state index in [1.54, 1.807) is 24.3 Å². The smallest absolute Gasteiger partial charge is 0.123 e. The van der Waals surface area contributed by atoms with E-state index in [0.717, 1.165) is 42.8 Å². The summed E-state index contributed by atoms with van der Waals surface area (Å²) in [4.78, 5) is 0. The van der Waals surface area contributed by atoms with Crippen LogP contribution in [0.15, 0.2) is 48.5 Å². The van der Waals surface area contributed by atoms with Crippen molar-refractivity contribution >= 4 is 31.9 Å². The number of rotatable bonds is 11. The Balaban J connectivity index is 2.13. The Morgan fingerprint density at radius 2 is 1.08 bits per heavy atom. The summed E-state index contributed by atoms with van der Waals surface area (Å²) in [6.07, 6.45) is 6.49. The van der Waals surface area contributed by atoms with E-state index in [2.05, 4.69) is 31.9 Å². The number of unbranched alkanes of at least 4 members (excludes halogenated alkanes) is 1. The van der Waals surface area contributed by atoms with Crippen molar-refractivity contribution in [2.24, 2.45) is 11.8 Å². The molecule has 0 saturated heterocycles. The standard InChI is InChI=1S/C22H26Br2F2/c23-13-2-1-3-19(15-17-4-8-21(25)9-5-17)20(12-14-24)16-18-6-10-22(26)11-7-18/h4-11,19-20H,1-3,12-16H2/t19-,20-/m1/s1. The quantitative estimate of drug-likeness (QED) is 0.230. The summed E-state index contributed by atoms with van der Waals surface area (Å²) in [6.45, 7) is 0. The van der Waals surface area contributed by atoms with E-state index in [-0.39, 0.29) is 11.6 Å². The number of hydrogen-bond acceptors (Lipinski definition) is 0. The largest absolute Gasteiger partial charge is 0.207 e. The monoisotopic (exact) mass is 486 g/mol. The molecule has 0 amide bonds. The van der Waals surface area contributed by atoms with Crippen molar-refractivity contribution < 1.29 is 8.78 Å². The van der Waals surface area contributed by atoms with Gasteiger partial charge in [-0.3, -0.25) is 0 Å². The van der Waals surface area contributed by atoms with Gasteiger partial charge in [0.2, 0.25) is 0 Å². The van der Waals surface area contributed by atoms with Gasteiger partial charge in [0.25, 0.3) is 0 Å². The van der Waals surface area contributed by atoms with Crippen molar-refractivity contribution in [1.82, 2.24) is 0 Å². The minimum atomic E-state index is -0.189. The fourth-order valence-electron chi connectivity index (χ4n) is 3.50. The van der Waals surface area contributed by atoms with Gasteiger partial charge in [0, 0.05) is 10.7 Å². The average Bonchev–Trinajstić information content (AvgIpc) is 2.64. The summed E-state index contributed by atoms with van der Waals surface area (Å²) in [5.74, 6) is 0.668. The second kappa shape index (κ2) is 11.9. The summed E-state index contributed by atoms with van der Waals surface area (Å²) < 4.78 is 26.4. The van der Waals surface area contributed by atoms with Crippen LogP contribution >= 0.6 is 31.9 Å². The Kier molecular flexibility index (Phi) is 9.84. The summed E-state index contributed by atoms with van der Waals surface area (Å²) in [7, 11) is 0. The lowest BCUT2D eigenvalue weighted by Crippen LogP contribution is -2.21. The van der Waals surface area contributed by atoms with Crippen molar-refractivity contribution in [3.63, 3.8) is 0 Å². The van der Waals surface area contributed by atoms with Gasteiger partial charge in [0.1, 0.15) is 11.6 Å². The molecule has 0 aromatic heterocycles. The molecule has 2 atom stereocenters. The van der Waals surface area contributed by atoms with Crippen molar-refractivity contribution in [3.8, 4) is 0 Å². The van der Waals surface area contributed by atoms with Crippen molar-refractivity contribution in [2.75, 3.05) is 10.7 Å². The maximum absolute atomic E-state index is 13.2. The van der Waals surface area contributed by atoms with Crippen LogP contribution in [0.4, 0.5) is 8.78 Å². The van der Waals surface area contributed by atoms with Gasteiger partial charge in [0.05, 0.1) is 0 Å². The maximum atomic E-state index is 13.2. The summed E-state index contributed by atoms with van der Waals surface area (Å²) in [5.41, 5.74) is 2.37. The highest BCUT2D eigenvalue weighted by atomic mass is 79.9. The van der Waals surface area contributed by atoms with Gasteiger partial charge in [-0.25, -0.2) is 8.78 Å². The third-order valence-electron chi connectivity index (χ3n) is 4.93. The molecule has 2 rings (SSSR count). The second-order valence-electron chi connectivity index (χ2n) is 6.84. The lowest BCUT2D eigenvalue weighted by atomic mass is 9.78. The van der Waals surface area contributed by atoms with Crippen molar-refractivity contribution in [2.45, 2.75) is 38.5 Å². The number of halogens is 4. The van der Waals surface area contributed by atoms with Gasteiger partial charge in [0.15, 0.2) is 0 Å². The molecule has 0 aliphatic rings. The van der Waals surface area contributed by atoms with E-state index < -0.39 is 0 Å². The molecule has 0 radical (unpaired) electrons. The van der Waals surface area contributed by atoms with Crippen LogP contribution in [-0.2, 0) is 12.8 Å². The van der Waals surface area contributed by atoms with Crippen LogP contribution in [-0.4, -0.2) is 10.7 Å². The van der Waals surface area contributed by atoms with Gasteiger partial charge in [-0.15, -0.1) is 0 Å².